The van der Waals surface area contributed by atoms with E-state index < -0.39 is 0 Å². The van der Waals surface area contributed by atoms with E-state index in [-0.39, 0.29) is 17.9 Å². The summed E-state index contributed by atoms with van der Waals surface area (Å²) < 4.78 is 5.79. The van der Waals surface area contributed by atoms with Crippen molar-refractivity contribution in [3.8, 4) is 5.75 Å². The first-order valence-corrected chi connectivity index (χ1v) is 6.34. The highest BCUT2D eigenvalue weighted by Gasteiger charge is 2.26. The normalized spacial score (nSPS) is 23.4. The van der Waals surface area contributed by atoms with E-state index in [9.17, 15) is 4.79 Å². The number of rotatable bonds is 3. The molecular weight excluding hydrogens is 254 g/mol. The van der Waals surface area contributed by atoms with E-state index in [0.717, 1.165) is 25.7 Å². The van der Waals surface area contributed by atoms with Crippen molar-refractivity contribution in [3.05, 3.63) is 23.5 Å². The number of hydrogen-bond donors (Lipinski definition) is 2. The van der Waals surface area contributed by atoms with Crippen molar-refractivity contribution in [1.82, 2.24) is 10.4 Å². The Morgan fingerprint density at radius 2 is 2.11 bits per heavy atom. The lowest BCUT2D eigenvalue weighted by Crippen LogP contribution is -2.38. The molecule has 18 heavy (non-hydrogen) atoms. The van der Waals surface area contributed by atoms with Crippen LogP contribution in [0.5, 0.6) is 5.75 Å². The molecule has 2 rings (SSSR count). The van der Waals surface area contributed by atoms with Gasteiger partial charge in [-0.1, -0.05) is 11.6 Å². The third-order valence-electron chi connectivity index (χ3n) is 3.17. The first-order valence-electron chi connectivity index (χ1n) is 5.96. The van der Waals surface area contributed by atoms with Crippen molar-refractivity contribution in [3.63, 3.8) is 0 Å². The van der Waals surface area contributed by atoms with Gasteiger partial charge in [-0.05, 0) is 25.7 Å². The lowest BCUT2D eigenvalue weighted by atomic mass is 9.87. The van der Waals surface area contributed by atoms with Gasteiger partial charge in [-0.25, -0.2) is 5.84 Å². The highest BCUT2D eigenvalue weighted by atomic mass is 35.5. The summed E-state index contributed by atoms with van der Waals surface area (Å²) in [5.41, 5.74) is 2.20. The number of ether oxygens (including phenoxy) is 1. The largest absolute Gasteiger partial charge is 0.489 e. The van der Waals surface area contributed by atoms with Gasteiger partial charge < -0.3 is 4.74 Å². The maximum Gasteiger partial charge on any atom is 0.236 e. The number of nitrogens with zero attached hydrogens (tertiary/aromatic N) is 1. The van der Waals surface area contributed by atoms with Crippen LogP contribution in [0, 0.1) is 5.92 Å². The Kier molecular flexibility index (Phi) is 4.38. The van der Waals surface area contributed by atoms with Crippen LogP contribution in [0.25, 0.3) is 0 Å². The minimum absolute atomic E-state index is 0.00679. The average Bonchev–Trinajstić information content (AvgIpc) is 2.39. The zero-order valence-corrected chi connectivity index (χ0v) is 10.7. The zero-order chi connectivity index (χ0) is 13.0. The monoisotopic (exact) mass is 269 g/mol. The number of amides is 1. The molecule has 0 unspecified atom stereocenters. The number of carbonyl (C=O) groups is 1. The van der Waals surface area contributed by atoms with Crippen LogP contribution < -0.4 is 16.0 Å². The van der Waals surface area contributed by atoms with Crippen LogP contribution in [-0.2, 0) is 4.79 Å². The number of carbonyl (C=O) groups excluding carboxylic acids is 1. The van der Waals surface area contributed by atoms with Crippen LogP contribution in [0.2, 0.25) is 5.02 Å². The first kappa shape index (κ1) is 13.1. The number of aromatic nitrogens is 1. The van der Waals surface area contributed by atoms with E-state index in [0.29, 0.717) is 10.8 Å². The minimum atomic E-state index is -0.0853. The Morgan fingerprint density at radius 3 is 2.72 bits per heavy atom. The van der Waals surface area contributed by atoms with Crippen molar-refractivity contribution in [1.29, 1.82) is 0 Å². The van der Waals surface area contributed by atoms with Gasteiger partial charge in [0.1, 0.15) is 5.75 Å². The summed E-state index contributed by atoms with van der Waals surface area (Å²) >= 11 is 5.84. The van der Waals surface area contributed by atoms with E-state index in [1.807, 2.05) is 0 Å². The van der Waals surface area contributed by atoms with Crippen molar-refractivity contribution in [2.45, 2.75) is 31.8 Å². The van der Waals surface area contributed by atoms with Crippen molar-refractivity contribution < 1.29 is 9.53 Å². The molecule has 1 heterocycles. The summed E-state index contributed by atoms with van der Waals surface area (Å²) in [6.07, 6.45) is 6.59. The molecule has 98 valence electrons. The maximum absolute atomic E-state index is 11.4. The summed E-state index contributed by atoms with van der Waals surface area (Å²) in [5, 5.41) is 0.559. The number of nitrogens with two attached hydrogens (primary N) is 1. The lowest BCUT2D eigenvalue weighted by molar-refractivity contribution is -0.126. The van der Waals surface area contributed by atoms with Crippen molar-refractivity contribution >= 4 is 17.5 Å². The van der Waals surface area contributed by atoms with Crippen molar-refractivity contribution in [2.24, 2.45) is 11.8 Å². The predicted octanol–water partition coefficient (Wildman–Crippen LogP) is 1.66. The molecule has 5 nitrogen and oxygen atoms in total. The molecular formula is C12H16ClN3O2. The quantitative estimate of drug-likeness (QED) is 0.497. The zero-order valence-electron chi connectivity index (χ0n) is 9.93. The highest BCUT2D eigenvalue weighted by Crippen LogP contribution is 2.28. The standard InChI is InChI=1S/C12H16ClN3O2/c13-9-5-11(7-15-6-9)18-10-3-1-8(2-4-10)12(17)16-14/h5-8,10H,1-4,14H2,(H,16,17). The molecule has 3 N–H and O–H groups in total. The van der Waals surface area contributed by atoms with Gasteiger partial charge in [-0.15, -0.1) is 0 Å². The molecule has 1 aliphatic rings. The van der Waals surface area contributed by atoms with Gasteiger partial charge in [-0.2, -0.15) is 0 Å². The second kappa shape index (κ2) is 6.02. The fraction of sp³-hybridized carbons (Fsp3) is 0.500. The third kappa shape index (κ3) is 3.34. The van der Waals surface area contributed by atoms with Crippen LogP contribution in [0.4, 0.5) is 0 Å². The Balaban J connectivity index is 1.85. The Labute approximate surface area is 111 Å². The summed E-state index contributed by atoms with van der Waals surface area (Å²) in [6.45, 7) is 0. The molecule has 6 heteroatoms. The molecule has 0 bridgehead atoms. The lowest BCUT2D eigenvalue weighted by Gasteiger charge is -2.27. The number of hydrazine groups is 1. The first-order chi connectivity index (χ1) is 8.69. The smallest absolute Gasteiger partial charge is 0.236 e. The molecule has 0 radical (unpaired) electrons. The van der Waals surface area contributed by atoms with E-state index in [1.54, 1.807) is 18.5 Å². The third-order valence-corrected chi connectivity index (χ3v) is 3.38. The van der Waals surface area contributed by atoms with E-state index in [4.69, 9.17) is 22.2 Å². The number of halogens is 1. The molecule has 1 amide bonds. The van der Waals surface area contributed by atoms with Gasteiger partial charge >= 0.3 is 0 Å². The molecule has 0 spiro atoms. The Bertz CT molecular complexity index is 420. The predicted molar refractivity (Wildman–Crippen MR) is 68.0 cm³/mol. The summed E-state index contributed by atoms with van der Waals surface area (Å²) in [7, 11) is 0. The SMILES string of the molecule is NNC(=O)C1CCC(Oc2cncc(Cl)c2)CC1. The molecule has 0 saturated heterocycles. The second-order valence-corrected chi connectivity index (χ2v) is 4.88. The van der Waals surface area contributed by atoms with Gasteiger partial charge in [0.25, 0.3) is 0 Å². The highest BCUT2D eigenvalue weighted by molar-refractivity contribution is 6.30. The second-order valence-electron chi connectivity index (χ2n) is 4.44. The van der Waals surface area contributed by atoms with Crippen LogP contribution >= 0.6 is 11.6 Å². The molecule has 0 aromatic carbocycles. The maximum atomic E-state index is 11.4. The van der Waals surface area contributed by atoms with E-state index in [2.05, 4.69) is 10.4 Å². The van der Waals surface area contributed by atoms with Gasteiger partial charge in [0, 0.05) is 18.2 Å². The van der Waals surface area contributed by atoms with Crippen LogP contribution in [0.15, 0.2) is 18.5 Å². The molecule has 0 atom stereocenters. The summed E-state index contributed by atoms with van der Waals surface area (Å²) in [5.74, 6) is 5.72. The molecule has 1 saturated carbocycles. The Hall–Kier alpha value is -1.33. The minimum Gasteiger partial charge on any atom is -0.489 e. The molecule has 1 aromatic rings. The fourth-order valence-corrected chi connectivity index (χ4v) is 2.37. The van der Waals surface area contributed by atoms with E-state index >= 15 is 0 Å². The summed E-state index contributed by atoms with van der Waals surface area (Å²) in [6, 6.07) is 1.74. The van der Waals surface area contributed by atoms with E-state index in [1.165, 1.54) is 0 Å². The van der Waals surface area contributed by atoms with Gasteiger partial charge in [0.15, 0.2) is 0 Å². The van der Waals surface area contributed by atoms with Crippen LogP contribution in [-0.4, -0.2) is 17.0 Å². The molecule has 1 aromatic heterocycles. The average molecular weight is 270 g/mol. The Morgan fingerprint density at radius 1 is 1.39 bits per heavy atom. The van der Waals surface area contributed by atoms with Crippen LogP contribution in [0.3, 0.4) is 0 Å². The molecule has 1 fully saturated rings. The van der Waals surface area contributed by atoms with Gasteiger partial charge in [-0.3, -0.25) is 15.2 Å². The molecule has 0 aliphatic heterocycles. The molecule has 1 aliphatic carbocycles. The topological polar surface area (TPSA) is 77.2 Å². The number of hydrogen-bond acceptors (Lipinski definition) is 4. The fourth-order valence-electron chi connectivity index (χ4n) is 2.21. The van der Waals surface area contributed by atoms with Crippen molar-refractivity contribution in [2.75, 3.05) is 0 Å². The van der Waals surface area contributed by atoms with Crippen LogP contribution in [0.1, 0.15) is 25.7 Å². The summed E-state index contributed by atoms with van der Waals surface area (Å²) in [4.78, 5) is 15.3. The number of pyridine rings is 1. The van der Waals surface area contributed by atoms with Gasteiger partial charge in [0.05, 0.1) is 17.3 Å². The number of nitrogens with one attached hydrogen (secondary N) is 1. The van der Waals surface area contributed by atoms with Gasteiger partial charge in [0.2, 0.25) is 5.91 Å².